The van der Waals surface area contributed by atoms with E-state index >= 15 is 0 Å². The number of aromatic nitrogens is 1. The van der Waals surface area contributed by atoms with E-state index in [4.69, 9.17) is 18.4 Å². The molecule has 2 aromatic carbocycles. The summed E-state index contributed by atoms with van der Waals surface area (Å²) < 4.78 is 23.3. The lowest BCUT2D eigenvalue weighted by molar-refractivity contribution is 0.0969. The highest BCUT2D eigenvalue weighted by Gasteiger charge is 2.45. The van der Waals surface area contributed by atoms with Crippen LogP contribution in [0.2, 0.25) is 0 Å². The third-order valence-electron chi connectivity index (χ3n) is 5.66. The van der Waals surface area contributed by atoms with Gasteiger partial charge in [0, 0.05) is 10.5 Å². The zero-order valence-electron chi connectivity index (χ0n) is 18.8. The van der Waals surface area contributed by atoms with E-state index in [0.717, 1.165) is 10.9 Å². The van der Waals surface area contributed by atoms with E-state index in [0.29, 0.717) is 40.4 Å². The molecule has 0 saturated carbocycles. The van der Waals surface area contributed by atoms with Gasteiger partial charge in [0.15, 0.2) is 22.7 Å². The molecular formula is C25H21BrN2O6. The lowest BCUT2D eigenvalue weighted by Crippen LogP contribution is -2.29. The first-order chi connectivity index (χ1) is 16.4. The van der Waals surface area contributed by atoms with Crippen LogP contribution in [-0.4, -0.2) is 24.8 Å². The van der Waals surface area contributed by atoms with Crippen molar-refractivity contribution in [1.82, 2.24) is 5.16 Å². The standard InChI is InChI=1S/C25H21BrN2O6/c1-4-9-32-18-7-5-14(11-19(18)31-3)22-21-23(29)16-12-15(26)6-8-17(16)33-24(21)25(30)28(22)20-10-13(2)34-27-20/h5-8,10-12,22H,4,9H2,1-3H3/t22-/m1/s1. The van der Waals surface area contributed by atoms with Crippen molar-refractivity contribution >= 4 is 38.6 Å². The minimum absolute atomic E-state index is 0.0178. The van der Waals surface area contributed by atoms with Crippen LogP contribution < -0.4 is 19.8 Å². The number of hydrogen-bond acceptors (Lipinski definition) is 7. The van der Waals surface area contributed by atoms with Gasteiger partial charge in [-0.15, -0.1) is 0 Å². The van der Waals surface area contributed by atoms with Crippen molar-refractivity contribution in [3.63, 3.8) is 0 Å². The van der Waals surface area contributed by atoms with Gasteiger partial charge in [-0.1, -0.05) is 34.1 Å². The highest BCUT2D eigenvalue weighted by molar-refractivity contribution is 9.10. The zero-order valence-corrected chi connectivity index (χ0v) is 20.3. The van der Waals surface area contributed by atoms with Crippen molar-refractivity contribution in [2.75, 3.05) is 18.6 Å². The summed E-state index contributed by atoms with van der Waals surface area (Å²) in [5.41, 5.74) is 0.928. The lowest BCUT2D eigenvalue weighted by Gasteiger charge is -2.23. The van der Waals surface area contributed by atoms with Crippen molar-refractivity contribution in [1.29, 1.82) is 0 Å². The number of rotatable bonds is 6. The second-order valence-electron chi connectivity index (χ2n) is 7.95. The maximum atomic E-state index is 13.7. The molecule has 34 heavy (non-hydrogen) atoms. The van der Waals surface area contributed by atoms with E-state index in [1.807, 2.05) is 13.0 Å². The van der Waals surface area contributed by atoms with Gasteiger partial charge in [0.25, 0.3) is 5.91 Å². The van der Waals surface area contributed by atoms with E-state index in [1.165, 1.54) is 4.90 Å². The van der Waals surface area contributed by atoms with Crippen LogP contribution >= 0.6 is 15.9 Å². The number of carbonyl (C=O) groups is 1. The zero-order chi connectivity index (χ0) is 24.0. The number of benzene rings is 2. The Morgan fingerprint density at radius 3 is 2.65 bits per heavy atom. The van der Waals surface area contributed by atoms with E-state index < -0.39 is 11.9 Å². The van der Waals surface area contributed by atoms with Gasteiger partial charge >= 0.3 is 0 Å². The molecule has 0 unspecified atom stereocenters. The number of methoxy groups -OCH3 is 1. The fraction of sp³-hybridized carbons (Fsp3) is 0.240. The van der Waals surface area contributed by atoms with Gasteiger partial charge in [-0.3, -0.25) is 14.5 Å². The van der Waals surface area contributed by atoms with Crippen molar-refractivity contribution in [3.8, 4) is 11.5 Å². The Bertz CT molecular complexity index is 1470. The van der Waals surface area contributed by atoms with E-state index in [2.05, 4.69) is 21.1 Å². The van der Waals surface area contributed by atoms with E-state index in [1.54, 1.807) is 50.4 Å². The third-order valence-corrected chi connectivity index (χ3v) is 6.15. The number of aryl methyl sites for hydroxylation is 1. The summed E-state index contributed by atoms with van der Waals surface area (Å²) in [6, 6.07) is 11.3. The van der Waals surface area contributed by atoms with Crippen LogP contribution in [0.3, 0.4) is 0 Å². The molecule has 1 aliphatic rings. The van der Waals surface area contributed by atoms with Gasteiger partial charge in [0.1, 0.15) is 11.3 Å². The second kappa shape index (κ2) is 8.64. The number of halogens is 1. The van der Waals surface area contributed by atoms with Crippen molar-refractivity contribution in [2.45, 2.75) is 26.3 Å². The molecule has 1 atom stereocenters. The van der Waals surface area contributed by atoms with Crippen LogP contribution in [0.25, 0.3) is 11.0 Å². The van der Waals surface area contributed by atoms with Crippen LogP contribution in [0, 0.1) is 6.92 Å². The predicted octanol–water partition coefficient (Wildman–Crippen LogP) is 5.40. The summed E-state index contributed by atoms with van der Waals surface area (Å²) in [4.78, 5) is 28.7. The lowest BCUT2D eigenvalue weighted by atomic mass is 9.98. The summed E-state index contributed by atoms with van der Waals surface area (Å²) in [6.07, 6.45) is 0.846. The highest BCUT2D eigenvalue weighted by atomic mass is 79.9. The first-order valence-corrected chi connectivity index (χ1v) is 11.6. The van der Waals surface area contributed by atoms with Gasteiger partial charge in [-0.05, 0) is 49.2 Å². The molecule has 9 heteroatoms. The molecule has 8 nitrogen and oxygen atoms in total. The Labute approximate surface area is 203 Å². The summed E-state index contributed by atoms with van der Waals surface area (Å²) in [7, 11) is 1.55. The van der Waals surface area contributed by atoms with Gasteiger partial charge in [-0.25, -0.2) is 0 Å². The minimum atomic E-state index is -0.791. The average molecular weight is 525 g/mol. The number of amides is 1. The molecule has 0 spiro atoms. The summed E-state index contributed by atoms with van der Waals surface area (Å²) in [5.74, 6) is 1.41. The van der Waals surface area contributed by atoms with Crippen LogP contribution in [0.5, 0.6) is 11.5 Å². The number of ether oxygens (including phenoxy) is 2. The minimum Gasteiger partial charge on any atom is -0.493 e. The number of hydrogen-bond donors (Lipinski definition) is 0. The van der Waals surface area contributed by atoms with Gasteiger partial charge in [0.05, 0.1) is 30.7 Å². The molecule has 2 aromatic heterocycles. The normalized spacial score (nSPS) is 15.1. The van der Waals surface area contributed by atoms with Gasteiger partial charge < -0.3 is 18.4 Å². The number of carbonyl (C=O) groups excluding carboxylic acids is 1. The smallest absolute Gasteiger partial charge is 0.296 e. The van der Waals surface area contributed by atoms with Crippen molar-refractivity contribution in [3.05, 3.63) is 79.8 Å². The largest absolute Gasteiger partial charge is 0.493 e. The molecule has 0 radical (unpaired) electrons. The molecule has 0 bridgehead atoms. The molecule has 0 fully saturated rings. The monoisotopic (exact) mass is 524 g/mol. The predicted molar refractivity (Wildman–Crippen MR) is 129 cm³/mol. The number of nitrogens with zero attached hydrogens (tertiary/aromatic N) is 2. The Balaban J connectivity index is 1.75. The SMILES string of the molecule is CCCOc1ccc([C@@H]2c3c(oc4ccc(Br)cc4c3=O)C(=O)N2c2cc(C)on2)cc1OC. The first kappa shape index (κ1) is 22.2. The molecular weight excluding hydrogens is 504 g/mol. The summed E-state index contributed by atoms with van der Waals surface area (Å²) in [6.45, 7) is 4.29. The molecule has 4 aromatic rings. The van der Waals surface area contributed by atoms with Crippen LogP contribution in [0.1, 0.15) is 46.8 Å². The second-order valence-corrected chi connectivity index (χ2v) is 8.86. The van der Waals surface area contributed by atoms with Gasteiger partial charge in [-0.2, -0.15) is 0 Å². The number of fused-ring (bicyclic) bond motifs is 2. The molecule has 5 rings (SSSR count). The van der Waals surface area contributed by atoms with E-state index in [9.17, 15) is 9.59 Å². The van der Waals surface area contributed by atoms with Gasteiger partial charge in [0.2, 0.25) is 5.76 Å². The van der Waals surface area contributed by atoms with Crippen molar-refractivity contribution in [2.24, 2.45) is 0 Å². The van der Waals surface area contributed by atoms with Crippen LogP contribution in [-0.2, 0) is 0 Å². The third kappa shape index (κ3) is 3.56. The summed E-state index contributed by atoms with van der Waals surface area (Å²) in [5, 5.41) is 4.42. The fourth-order valence-corrected chi connectivity index (χ4v) is 4.51. The molecule has 1 aliphatic heterocycles. The maximum absolute atomic E-state index is 13.7. The topological polar surface area (TPSA) is 95.0 Å². The summed E-state index contributed by atoms with van der Waals surface area (Å²) >= 11 is 3.41. The highest BCUT2D eigenvalue weighted by Crippen LogP contribution is 2.43. The molecule has 174 valence electrons. The quantitative estimate of drug-likeness (QED) is 0.333. The number of anilines is 1. The molecule has 0 saturated heterocycles. The van der Waals surface area contributed by atoms with E-state index in [-0.39, 0.29) is 22.6 Å². The Morgan fingerprint density at radius 2 is 1.94 bits per heavy atom. The van der Waals surface area contributed by atoms with Crippen molar-refractivity contribution < 1.29 is 23.2 Å². The molecule has 0 N–H and O–H groups in total. The fourth-order valence-electron chi connectivity index (χ4n) is 4.15. The van der Waals surface area contributed by atoms with Crippen LogP contribution in [0.15, 0.2) is 60.7 Å². The molecule has 0 aliphatic carbocycles. The Morgan fingerprint density at radius 1 is 1.12 bits per heavy atom. The maximum Gasteiger partial charge on any atom is 0.296 e. The first-order valence-electron chi connectivity index (χ1n) is 10.8. The Hall–Kier alpha value is -3.59. The molecule has 1 amide bonds. The average Bonchev–Trinajstić information content (AvgIpc) is 3.39. The van der Waals surface area contributed by atoms with Crippen LogP contribution in [0.4, 0.5) is 5.82 Å². The molecule has 3 heterocycles. The Kier molecular flexibility index (Phi) is 5.65.